The minimum absolute atomic E-state index is 0.221. The molecule has 2 rings (SSSR count). The highest BCUT2D eigenvalue weighted by Gasteiger charge is 2.29. The zero-order valence-corrected chi connectivity index (χ0v) is 17.1. The maximum atomic E-state index is 12.5. The molecule has 0 saturated carbocycles. The summed E-state index contributed by atoms with van der Waals surface area (Å²) < 4.78 is 25.5. The molecule has 0 bridgehead atoms. The fraction of sp³-hybridized carbons (Fsp3) is 0.235. The second-order valence-corrected chi connectivity index (χ2v) is 8.88. The second-order valence-electron chi connectivity index (χ2n) is 5.71. The first kappa shape index (κ1) is 20.8. The molecular weight excluding hydrogens is 419 g/mol. The molecule has 0 spiro atoms. The standard InChI is InChI=1S/C17H17Cl3N2O3S/c1-11(17(23)21-10-12-3-5-13(18)6-4-12)22(26(2,24)25)16-8-14(19)7-15(20)9-16/h3-9,11H,10H2,1-2H3,(H,21,23)/t11-/m1/s1. The van der Waals surface area contributed by atoms with Crippen LogP contribution in [0.5, 0.6) is 0 Å². The van der Waals surface area contributed by atoms with Crippen LogP contribution >= 0.6 is 34.8 Å². The van der Waals surface area contributed by atoms with Crippen LogP contribution < -0.4 is 9.62 Å². The molecule has 0 fully saturated rings. The number of hydrogen-bond acceptors (Lipinski definition) is 3. The molecule has 0 heterocycles. The van der Waals surface area contributed by atoms with Crippen LogP contribution in [0.3, 0.4) is 0 Å². The molecule has 2 aromatic carbocycles. The molecule has 0 saturated heterocycles. The minimum Gasteiger partial charge on any atom is -0.350 e. The summed E-state index contributed by atoms with van der Waals surface area (Å²) in [7, 11) is -3.75. The second kappa shape index (κ2) is 8.48. The van der Waals surface area contributed by atoms with Gasteiger partial charge in [0.05, 0.1) is 11.9 Å². The van der Waals surface area contributed by atoms with E-state index in [1.54, 1.807) is 24.3 Å². The maximum absolute atomic E-state index is 12.5. The average Bonchev–Trinajstić information content (AvgIpc) is 2.51. The van der Waals surface area contributed by atoms with Crippen molar-refractivity contribution in [3.05, 3.63) is 63.1 Å². The molecule has 1 atom stereocenters. The number of benzene rings is 2. The van der Waals surface area contributed by atoms with Crippen molar-refractivity contribution in [1.29, 1.82) is 0 Å². The largest absolute Gasteiger partial charge is 0.350 e. The van der Waals surface area contributed by atoms with Crippen molar-refractivity contribution < 1.29 is 13.2 Å². The molecule has 5 nitrogen and oxygen atoms in total. The van der Waals surface area contributed by atoms with Crippen molar-refractivity contribution >= 4 is 56.4 Å². The van der Waals surface area contributed by atoms with Crippen molar-refractivity contribution in [3.63, 3.8) is 0 Å². The number of rotatable bonds is 6. The molecule has 9 heteroatoms. The Balaban J connectivity index is 2.22. The van der Waals surface area contributed by atoms with Crippen molar-refractivity contribution in [2.24, 2.45) is 0 Å². The molecule has 1 N–H and O–H groups in total. The van der Waals surface area contributed by atoms with Crippen LogP contribution in [0.2, 0.25) is 15.1 Å². The Morgan fingerprint density at radius 2 is 1.58 bits per heavy atom. The van der Waals surface area contributed by atoms with E-state index >= 15 is 0 Å². The number of sulfonamides is 1. The third-order valence-electron chi connectivity index (χ3n) is 3.57. The first-order valence-corrected chi connectivity index (χ1v) is 10.5. The lowest BCUT2D eigenvalue weighted by Crippen LogP contribution is -2.47. The van der Waals surface area contributed by atoms with Gasteiger partial charge in [-0.1, -0.05) is 46.9 Å². The van der Waals surface area contributed by atoms with E-state index in [4.69, 9.17) is 34.8 Å². The van der Waals surface area contributed by atoms with E-state index in [1.165, 1.54) is 25.1 Å². The fourth-order valence-electron chi connectivity index (χ4n) is 2.41. The molecule has 0 radical (unpaired) electrons. The minimum atomic E-state index is -3.75. The number of hydrogen-bond donors (Lipinski definition) is 1. The smallest absolute Gasteiger partial charge is 0.243 e. The number of nitrogens with zero attached hydrogens (tertiary/aromatic N) is 1. The van der Waals surface area contributed by atoms with Crippen molar-refractivity contribution in [1.82, 2.24) is 5.32 Å². The first-order chi connectivity index (χ1) is 12.1. The van der Waals surface area contributed by atoms with Gasteiger partial charge in [0.15, 0.2) is 0 Å². The lowest BCUT2D eigenvalue weighted by atomic mass is 10.2. The Hall–Kier alpha value is -1.47. The summed E-state index contributed by atoms with van der Waals surface area (Å²) >= 11 is 17.8. The Bertz CT molecular complexity index is 882. The van der Waals surface area contributed by atoms with Crippen LogP contribution in [0.4, 0.5) is 5.69 Å². The van der Waals surface area contributed by atoms with Crippen LogP contribution in [0.25, 0.3) is 0 Å². The highest BCUT2D eigenvalue weighted by atomic mass is 35.5. The number of amides is 1. The van der Waals surface area contributed by atoms with E-state index in [1.807, 2.05) is 0 Å². The number of carbonyl (C=O) groups excluding carboxylic acids is 1. The molecule has 0 aliphatic heterocycles. The van der Waals surface area contributed by atoms with Gasteiger partial charge in [-0.3, -0.25) is 9.10 Å². The first-order valence-electron chi connectivity index (χ1n) is 7.55. The van der Waals surface area contributed by atoms with Gasteiger partial charge < -0.3 is 5.32 Å². The molecule has 0 aliphatic rings. The molecule has 0 aromatic heterocycles. The zero-order valence-electron chi connectivity index (χ0n) is 14.0. The van der Waals surface area contributed by atoms with Crippen molar-refractivity contribution in [2.75, 3.05) is 10.6 Å². The summed E-state index contributed by atoms with van der Waals surface area (Å²) in [5.41, 5.74) is 1.06. The van der Waals surface area contributed by atoms with Gasteiger partial charge >= 0.3 is 0 Å². The van der Waals surface area contributed by atoms with E-state index in [2.05, 4.69) is 5.32 Å². The summed E-state index contributed by atoms with van der Waals surface area (Å²) in [4.78, 5) is 12.5. The van der Waals surface area contributed by atoms with Crippen molar-refractivity contribution in [3.8, 4) is 0 Å². The van der Waals surface area contributed by atoms with Gasteiger partial charge in [-0.25, -0.2) is 8.42 Å². The molecular formula is C17H17Cl3N2O3S. The van der Waals surface area contributed by atoms with Crippen LogP contribution in [-0.2, 0) is 21.4 Å². The van der Waals surface area contributed by atoms with E-state index in [-0.39, 0.29) is 22.3 Å². The van der Waals surface area contributed by atoms with E-state index in [0.717, 1.165) is 16.1 Å². The lowest BCUT2D eigenvalue weighted by molar-refractivity contribution is -0.122. The third kappa shape index (κ3) is 5.51. The predicted octanol–water partition coefficient (Wildman–Crippen LogP) is 4.12. The topological polar surface area (TPSA) is 66.5 Å². The highest BCUT2D eigenvalue weighted by Crippen LogP contribution is 2.28. The van der Waals surface area contributed by atoms with Crippen LogP contribution in [-0.4, -0.2) is 26.6 Å². The predicted molar refractivity (Wildman–Crippen MR) is 107 cm³/mol. The van der Waals surface area contributed by atoms with Gasteiger partial charge in [-0.05, 0) is 42.8 Å². The Kier molecular flexibility index (Phi) is 6.80. The Labute approximate surface area is 167 Å². The van der Waals surface area contributed by atoms with Gasteiger partial charge in [0.2, 0.25) is 15.9 Å². The highest BCUT2D eigenvalue weighted by molar-refractivity contribution is 7.92. The van der Waals surface area contributed by atoms with Gasteiger partial charge in [0, 0.05) is 21.6 Å². The van der Waals surface area contributed by atoms with Crippen LogP contribution in [0, 0.1) is 0 Å². The normalized spacial score (nSPS) is 12.5. The number of halogens is 3. The van der Waals surface area contributed by atoms with E-state index in [0.29, 0.717) is 5.02 Å². The fourth-order valence-corrected chi connectivity index (χ4v) is 4.21. The monoisotopic (exact) mass is 434 g/mol. The Morgan fingerprint density at radius 1 is 1.04 bits per heavy atom. The molecule has 1 amide bonds. The number of anilines is 1. The molecule has 140 valence electrons. The van der Waals surface area contributed by atoms with Gasteiger partial charge in [-0.15, -0.1) is 0 Å². The number of carbonyl (C=O) groups is 1. The van der Waals surface area contributed by atoms with Crippen LogP contribution in [0.15, 0.2) is 42.5 Å². The Morgan fingerprint density at radius 3 is 2.08 bits per heavy atom. The molecule has 0 unspecified atom stereocenters. The molecule has 0 aliphatic carbocycles. The van der Waals surface area contributed by atoms with E-state index in [9.17, 15) is 13.2 Å². The van der Waals surface area contributed by atoms with Gasteiger partial charge in [-0.2, -0.15) is 0 Å². The quantitative estimate of drug-likeness (QED) is 0.742. The number of nitrogens with one attached hydrogen (secondary N) is 1. The summed E-state index contributed by atoms with van der Waals surface area (Å²) in [5, 5.41) is 3.85. The third-order valence-corrected chi connectivity index (χ3v) is 5.50. The van der Waals surface area contributed by atoms with E-state index < -0.39 is 22.0 Å². The molecule has 26 heavy (non-hydrogen) atoms. The average molecular weight is 436 g/mol. The summed E-state index contributed by atoms with van der Waals surface area (Å²) in [6.45, 7) is 1.74. The van der Waals surface area contributed by atoms with Gasteiger partial charge in [0.1, 0.15) is 6.04 Å². The summed E-state index contributed by atoms with van der Waals surface area (Å²) in [6.07, 6.45) is 1.02. The maximum Gasteiger partial charge on any atom is 0.243 e. The van der Waals surface area contributed by atoms with Crippen molar-refractivity contribution in [2.45, 2.75) is 19.5 Å². The SMILES string of the molecule is C[C@H](C(=O)NCc1ccc(Cl)cc1)N(c1cc(Cl)cc(Cl)c1)S(C)(=O)=O. The lowest BCUT2D eigenvalue weighted by Gasteiger charge is -2.28. The zero-order chi connectivity index (χ0) is 19.5. The van der Waals surface area contributed by atoms with Gasteiger partial charge in [0.25, 0.3) is 0 Å². The summed E-state index contributed by atoms with van der Waals surface area (Å²) in [6, 6.07) is 10.4. The summed E-state index contributed by atoms with van der Waals surface area (Å²) in [5.74, 6) is -0.457. The van der Waals surface area contributed by atoms with Crippen LogP contribution in [0.1, 0.15) is 12.5 Å². The molecule has 2 aromatic rings.